The average Bonchev–Trinajstić information content (AvgIpc) is 2.48. The number of nitrogens with one attached hydrogen (secondary N) is 2. The van der Waals surface area contributed by atoms with Crippen LogP contribution in [0.1, 0.15) is 32.3 Å². The summed E-state index contributed by atoms with van der Waals surface area (Å²) in [5.41, 5.74) is 2.58. The van der Waals surface area contributed by atoms with Crippen molar-refractivity contribution in [1.29, 1.82) is 0 Å². The van der Waals surface area contributed by atoms with Gasteiger partial charge in [0.25, 0.3) is 0 Å². The maximum absolute atomic E-state index is 4.56. The molecule has 0 aromatic heterocycles. The van der Waals surface area contributed by atoms with Gasteiger partial charge in [0.05, 0.1) is 0 Å². The Bertz CT molecular complexity index is 409. The molecule has 21 heavy (non-hydrogen) atoms. The first-order valence-electron chi connectivity index (χ1n) is 7.95. The second-order valence-electron chi connectivity index (χ2n) is 5.35. The fraction of sp³-hybridized carbons (Fsp3) is 0.588. The van der Waals surface area contributed by atoms with Gasteiger partial charge in [-0.2, -0.15) is 0 Å². The van der Waals surface area contributed by atoms with E-state index in [9.17, 15) is 0 Å². The third kappa shape index (κ3) is 7.02. The molecule has 0 fully saturated rings. The highest BCUT2D eigenvalue weighted by atomic mass is 15.2. The van der Waals surface area contributed by atoms with Gasteiger partial charge in [0.15, 0.2) is 5.96 Å². The predicted octanol–water partition coefficient (Wildman–Crippen LogP) is 2.65. The van der Waals surface area contributed by atoms with Crippen LogP contribution in [0.3, 0.4) is 0 Å². The number of guanidine groups is 1. The third-order valence-electron chi connectivity index (χ3n) is 3.28. The largest absolute Gasteiger partial charge is 0.378 e. The minimum absolute atomic E-state index is 0.892. The Morgan fingerprint density at radius 2 is 1.81 bits per heavy atom. The Balaban J connectivity index is 2.40. The van der Waals surface area contributed by atoms with Crippen LogP contribution in [-0.4, -0.2) is 39.7 Å². The van der Waals surface area contributed by atoms with Crippen molar-refractivity contribution in [3.8, 4) is 0 Å². The van der Waals surface area contributed by atoms with E-state index in [0.29, 0.717) is 0 Å². The topological polar surface area (TPSA) is 39.7 Å². The van der Waals surface area contributed by atoms with E-state index in [-0.39, 0.29) is 0 Å². The van der Waals surface area contributed by atoms with Gasteiger partial charge in [-0.1, -0.05) is 25.5 Å². The molecule has 0 saturated heterocycles. The molecule has 0 atom stereocenters. The molecule has 118 valence electrons. The van der Waals surface area contributed by atoms with E-state index in [1.165, 1.54) is 17.7 Å². The van der Waals surface area contributed by atoms with Crippen molar-refractivity contribution < 1.29 is 0 Å². The monoisotopic (exact) mass is 290 g/mol. The van der Waals surface area contributed by atoms with Crippen molar-refractivity contribution in [2.75, 3.05) is 38.6 Å². The molecule has 0 bridgehead atoms. The van der Waals surface area contributed by atoms with Crippen molar-refractivity contribution >= 4 is 11.6 Å². The van der Waals surface area contributed by atoms with Crippen LogP contribution in [0.15, 0.2) is 29.3 Å². The minimum atomic E-state index is 0.892. The van der Waals surface area contributed by atoms with E-state index in [4.69, 9.17) is 0 Å². The molecule has 0 unspecified atom stereocenters. The van der Waals surface area contributed by atoms with Crippen LogP contribution in [-0.2, 0) is 6.42 Å². The molecule has 0 radical (unpaired) electrons. The van der Waals surface area contributed by atoms with E-state index in [1.54, 1.807) is 0 Å². The van der Waals surface area contributed by atoms with Gasteiger partial charge in [0.1, 0.15) is 0 Å². The number of hydrogen-bond acceptors (Lipinski definition) is 2. The first-order valence-corrected chi connectivity index (χ1v) is 7.95. The van der Waals surface area contributed by atoms with E-state index in [2.05, 4.69) is 72.7 Å². The van der Waals surface area contributed by atoms with Crippen LogP contribution in [0.2, 0.25) is 0 Å². The standard InChI is InChI=1S/C17H30N4/c1-5-7-13-19-17(18-6-2)20-14-12-15-8-10-16(11-9-15)21(3)4/h8-11H,5-7,12-14H2,1-4H3,(H2,18,19,20). The Labute approximate surface area is 129 Å². The number of rotatable bonds is 8. The lowest BCUT2D eigenvalue weighted by atomic mass is 10.1. The van der Waals surface area contributed by atoms with Crippen LogP contribution in [0, 0.1) is 0 Å². The van der Waals surface area contributed by atoms with Crippen molar-refractivity contribution in [3.63, 3.8) is 0 Å². The number of aliphatic imine (C=N–C) groups is 1. The maximum atomic E-state index is 4.56. The number of anilines is 1. The summed E-state index contributed by atoms with van der Waals surface area (Å²) in [4.78, 5) is 6.68. The van der Waals surface area contributed by atoms with Gasteiger partial charge in [0, 0.05) is 39.4 Å². The zero-order valence-corrected chi connectivity index (χ0v) is 13.9. The first kappa shape index (κ1) is 17.3. The molecule has 4 nitrogen and oxygen atoms in total. The number of unbranched alkanes of at least 4 members (excludes halogenated alkanes) is 1. The lowest BCUT2D eigenvalue weighted by Crippen LogP contribution is -2.38. The van der Waals surface area contributed by atoms with Gasteiger partial charge >= 0.3 is 0 Å². The first-order chi connectivity index (χ1) is 10.2. The van der Waals surface area contributed by atoms with Crippen LogP contribution < -0.4 is 15.5 Å². The van der Waals surface area contributed by atoms with E-state index in [0.717, 1.165) is 38.4 Å². The third-order valence-corrected chi connectivity index (χ3v) is 3.28. The Morgan fingerprint density at radius 3 is 2.38 bits per heavy atom. The Hall–Kier alpha value is -1.71. The highest BCUT2D eigenvalue weighted by Gasteiger charge is 1.99. The number of nitrogens with zero attached hydrogens (tertiary/aromatic N) is 2. The summed E-state index contributed by atoms with van der Waals surface area (Å²) >= 11 is 0. The number of hydrogen-bond donors (Lipinski definition) is 2. The quantitative estimate of drug-likeness (QED) is 0.439. The SMILES string of the molecule is CCCCN=C(NCC)NCCc1ccc(N(C)C)cc1. The minimum Gasteiger partial charge on any atom is -0.378 e. The fourth-order valence-corrected chi connectivity index (χ4v) is 1.98. The molecule has 0 aliphatic heterocycles. The molecular formula is C17H30N4. The molecule has 0 amide bonds. The lowest BCUT2D eigenvalue weighted by Gasteiger charge is -2.13. The summed E-state index contributed by atoms with van der Waals surface area (Å²) in [6.45, 7) is 6.97. The van der Waals surface area contributed by atoms with Crippen LogP contribution in [0.5, 0.6) is 0 Å². The summed E-state index contributed by atoms with van der Waals surface area (Å²) in [5, 5.41) is 6.68. The molecule has 0 aliphatic carbocycles. The lowest BCUT2D eigenvalue weighted by molar-refractivity contribution is 0.767. The second-order valence-corrected chi connectivity index (χ2v) is 5.35. The molecule has 2 N–H and O–H groups in total. The van der Waals surface area contributed by atoms with Gasteiger partial charge in [-0.25, -0.2) is 0 Å². The van der Waals surface area contributed by atoms with E-state index >= 15 is 0 Å². The summed E-state index contributed by atoms with van der Waals surface area (Å²) in [7, 11) is 4.12. The molecular weight excluding hydrogens is 260 g/mol. The van der Waals surface area contributed by atoms with E-state index < -0.39 is 0 Å². The van der Waals surface area contributed by atoms with Crippen molar-refractivity contribution in [1.82, 2.24) is 10.6 Å². The average molecular weight is 290 g/mol. The van der Waals surface area contributed by atoms with Gasteiger partial charge in [-0.15, -0.1) is 0 Å². The fourth-order valence-electron chi connectivity index (χ4n) is 1.98. The molecule has 1 aromatic carbocycles. The van der Waals surface area contributed by atoms with Crippen molar-refractivity contribution in [2.45, 2.75) is 33.1 Å². The second kappa shape index (κ2) is 10.1. The zero-order valence-electron chi connectivity index (χ0n) is 13.9. The smallest absolute Gasteiger partial charge is 0.191 e. The Morgan fingerprint density at radius 1 is 1.10 bits per heavy atom. The van der Waals surface area contributed by atoms with Gasteiger partial charge in [-0.05, 0) is 37.5 Å². The van der Waals surface area contributed by atoms with E-state index in [1.807, 2.05) is 0 Å². The summed E-state index contributed by atoms with van der Waals surface area (Å²) in [6, 6.07) is 8.71. The highest BCUT2D eigenvalue weighted by molar-refractivity contribution is 5.79. The molecule has 4 heteroatoms. The normalized spacial score (nSPS) is 11.3. The summed E-state index contributed by atoms with van der Waals surface area (Å²) in [5.74, 6) is 0.927. The molecule has 1 aromatic rings. The predicted molar refractivity (Wildman–Crippen MR) is 93.4 cm³/mol. The summed E-state index contributed by atoms with van der Waals surface area (Å²) < 4.78 is 0. The number of benzene rings is 1. The van der Waals surface area contributed by atoms with Gasteiger partial charge in [-0.3, -0.25) is 4.99 Å². The van der Waals surface area contributed by atoms with Crippen LogP contribution in [0.25, 0.3) is 0 Å². The Kier molecular flexibility index (Phi) is 8.32. The highest BCUT2D eigenvalue weighted by Crippen LogP contribution is 2.12. The van der Waals surface area contributed by atoms with Crippen LogP contribution in [0.4, 0.5) is 5.69 Å². The molecule has 0 heterocycles. The summed E-state index contributed by atoms with van der Waals surface area (Å²) in [6.07, 6.45) is 3.33. The molecule has 1 rings (SSSR count). The molecule has 0 aliphatic rings. The maximum Gasteiger partial charge on any atom is 0.191 e. The van der Waals surface area contributed by atoms with Crippen molar-refractivity contribution in [3.05, 3.63) is 29.8 Å². The van der Waals surface area contributed by atoms with Crippen LogP contribution >= 0.6 is 0 Å². The molecule has 0 spiro atoms. The van der Waals surface area contributed by atoms with Gasteiger partial charge in [0.2, 0.25) is 0 Å². The zero-order chi connectivity index (χ0) is 15.5. The van der Waals surface area contributed by atoms with Crippen molar-refractivity contribution in [2.24, 2.45) is 4.99 Å². The van der Waals surface area contributed by atoms with Gasteiger partial charge < -0.3 is 15.5 Å². The molecule has 0 saturated carbocycles.